The maximum Gasteiger partial charge on any atom is 0.309 e. The number of nitrogens with zero attached hydrogens (tertiary/aromatic N) is 1. The van der Waals surface area contributed by atoms with E-state index in [9.17, 15) is 14.4 Å². The summed E-state index contributed by atoms with van der Waals surface area (Å²) in [6, 6.07) is -0.738. The lowest BCUT2D eigenvalue weighted by Gasteiger charge is -2.38. The second-order valence-corrected chi connectivity index (χ2v) is 6.31. The largest absolute Gasteiger partial charge is 0.481 e. The predicted molar refractivity (Wildman–Crippen MR) is 70.9 cm³/mol. The Bertz CT molecular complexity index is 415. The summed E-state index contributed by atoms with van der Waals surface area (Å²) in [5, 5.41) is 18.2. The fourth-order valence-electron chi connectivity index (χ4n) is 2.27. The van der Waals surface area contributed by atoms with E-state index in [1.165, 1.54) is 4.90 Å². The molecule has 0 aromatic rings. The highest BCUT2D eigenvalue weighted by Gasteiger charge is 2.42. The third kappa shape index (κ3) is 3.47. The van der Waals surface area contributed by atoms with Gasteiger partial charge in [-0.15, -0.1) is 0 Å². The number of aliphatic carboxylic acids is 2. The van der Waals surface area contributed by atoms with E-state index in [0.29, 0.717) is 0 Å². The molecule has 0 aromatic carbocycles. The van der Waals surface area contributed by atoms with Gasteiger partial charge in [0, 0.05) is 13.1 Å². The summed E-state index contributed by atoms with van der Waals surface area (Å²) >= 11 is 0. The van der Waals surface area contributed by atoms with Crippen LogP contribution in [0.5, 0.6) is 0 Å². The number of piperidine rings is 1. The highest BCUT2D eigenvalue weighted by atomic mass is 16.4. The number of hydrogen-bond donors (Lipinski definition) is 3. The van der Waals surface area contributed by atoms with E-state index in [0.717, 1.165) is 0 Å². The van der Waals surface area contributed by atoms with Gasteiger partial charge in [-0.3, -0.25) is 14.4 Å². The number of carboxylic acids is 2. The average Bonchev–Trinajstić information content (AvgIpc) is 2.34. The molecule has 0 radical (unpaired) electrons. The van der Waals surface area contributed by atoms with Crippen LogP contribution in [0.1, 0.15) is 27.2 Å². The molecule has 1 rings (SSSR count). The Morgan fingerprint density at radius 3 is 2.05 bits per heavy atom. The topological polar surface area (TPSA) is 121 Å². The molecule has 1 amide bonds. The smallest absolute Gasteiger partial charge is 0.309 e. The highest BCUT2D eigenvalue weighted by molar-refractivity contribution is 5.85. The minimum Gasteiger partial charge on any atom is -0.481 e. The van der Waals surface area contributed by atoms with Crippen LogP contribution in [0.2, 0.25) is 0 Å². The average molecular weight is 286 g/mol. The third-order valence-corrected chi connectivity index (χ3v) is 3.76. The van der Waals surface area contributed by atoms with Crippen LogP contribution < -0.4 is 5.73 Å². The number of carbonyl (C=O) groups is 3. The monoisotopic (exact) mass is 286 g/mol. The first-order valence-corrected chi connectivity index (χ1v) is 6.55. The lowest BCUT2D eigenvalue weighted by Crippen LogP contribution is -2.55. The normalized spacial score (nSPS) is 25.1. The first kappa shape index (κ1) is 16.4. The zero-order valence-corrected chi connectivity index (χ0v) is 12.0. The number of rotatable bonds is 3. The molecule has 0 bridgehead atoms. The Morgan fingerprint density at radius 2 is 1.65 bits per heavy atom. The quantitative estimate of drug-likeness (QED) is 0.671. The Hall–Kier alpha value is -1.63. The number of carbonyl (C=O) groups excluding carboxylic acids is 1. The van der Waals surface area contributed by atoms with Gasteiger partial charge in [0.15, 0.2) is 0 Å². The lowest BCUT2D eigenvalue weighted by atomic mass is 9.83. The second kappa shape index (κ2) is 5.78. The molecule has 4 N–H and O–H groups in total. The fraction of sp³-hybridized carbons (Fsp3) is 0.769. The molecule has 7 nitrogen and oxygen atoms in total. The van der Waals surface area contributed by atoms with Crippen LogP contribution in [0.15, 0.2) is 0 Å². The van der Waals surface area contributed by atoms with E-state index in [1.54, 1.807) is 0 Å². The Kier molecular flexibility index (Phi) is 4.75. The first-order valence-electron chi connectivity index (χ1n) is 6.55. The molecule has 3 atom stereocenters. The van der Waals surface area contributed by atoms with E-state index in [-0.39, 0.29) is 25.4 Å². The van der Waals surface area contributed by atoms with Gasteiger partial charge >= 0.3 is 11.9 Å². The minimum atomic E-state index is -1.20. The van der Waals surface area contributed by atoms with Crippen LogP contribution in [0.4, 0.5) is 0 Å². The number of nitrogens with two attached hydrogens (primary N) is 1. The molecule has 1 saturated heterocycles. The van der Waals surface area contributed by atoms with Crippen molar-refractivity contribution in [1.29, 1.82) is 0 Å². The molecule has 1 aliphatic heterocycles. The Labute approximate surface area is 117 Å². The van der Waals surface area contributed by atoms with E-state index < -0.39 is 35.2 Å². The zero-order chi connectivity index (χ0) is 15.7. The standard InChI is InChI=1S/C13H22N2O5/c1-13(2,3)9(14)10(16)15-5-4-7(11(17)18)8(6-15)12(19)20/h7-9H,4-6,14H2,1-3H3,(H,17,18)(H,19,20)/t7?,8?,9-/m0/s1. The van der Waals surface area contributed by atoms with Gasteiger partial charge in [0.25, 0.3) is 0 Å². The fourth-order valence-corrected chi connectivity index (χ4v) is 2.27. The van der Waals surface area contributed by atoms with Gasteiger partial charge in [-0.1, -0.05) is 20.8 Å². The number of likely N-dealkylation sites (tertiary alicyclic amines) is 1. The van der Waals surface area contributed by atoms with Crippen molar-refractivity contribution in [3.63, 3.8) is 0 Å². The summed E-state index contributed by atoms with van der Waals surface area (Å²) < 4.78 is 0. The van der Waals surface area contributed by atoms with Crippen molar-refractivity contribution < 1.29 is 24.6 Å². The molecule has 20 heavy (non-hydrogen) atoms. The van der Waals surface area contributed by atoms with Crippen molar-refractivity contribution in [3.8, 4) is 0 Å². The summed E-state index contributed by atoms with van der Waals surface area (Å²) in [7, 11) is 0. The molecule has 1 heterocycles. The lowest BCUT2D eigenvalue weighted by molar-refractivity contribution is -0.159. The highest BCUT2D eigenvalue weighted by Crippen LogP contribution is 2.27. The SMILES string of the molecule is CC(C)(C)[C@@H](N)C(=O)N1CCC(C(=O)O)C(C(=O)O)C1. The number of carboxylic acid groups (broad SMARTS) is 2. The van der Waals surface area contributed by atoms with Gasteiger partial charge in [-0.25, -0.2) is 0 Å². The van der Waals surface area contributed by atoms with Crippen LogP contribution >= 0.6 is 0 Å². The van der Waals surface area contributed by atoms with Crippen LogP contribution in [0.25, 0.3) is 0 Å². The molecular weight excluding hydrogens is 264 g/mol. The minimum absolute atomic E-state index is 0.102. The van der Waals surface area contributed by atoms with E-state index in [1.807, 2.05) is 20.8 Å². The van der Waals surface area contributed by atoms with Crippen molar-refractivity contribution in [2.75, 3.05) is 13.1 Å². The maximum absolute atomic E-state index is 12.2. The van der Waals surface area contributed by atoms with Gasteiger partial charge in [-0.2, -0.15) is 0 Å². The summed E-state index contributed by atoms with van der Waals surface area (Å²) in [6.07, 6.45) is 0.134. The van der Waals surface area contributed by atoms with E-state index in [4.69, 9.17) is 15.9 Å². The van der Waals surface area contributed by atoms with Gasteiger partial charge in [0.05, 0.1) is 17.9 Å². The Balaban J connectivity index is 2.84. The van der Waals surface area contributed by atoms with Crippen molar-refractivity contribution >= 4 is 17.8 Å². The maximum atomic E-state index is 12.2. The third-order valence-electron chi connectivity index (χ3n) is 3.76. The molecule has 0 aliphatic carbocycles. The zero-order valence-electron chi connectivity index (χ0n) is 12.0. The summed E-state index contributed by atoms with van der Waals surface area (Å²) in [5.74, 6) is -4.70. The molecule has 1 fully saturated rings. The summed E-state index contributed by atoms with van der Waals surface area (Å²) in [6.45, 7) is 5.61. The molecule has 0 aromatic heterocycles. The molecule has 0 spiro atoms. The van der Waals surface area contributed by atoms with Crippen molar-refractivity contribution in [2.24, 2.45) is 23.0 Å². The first-order chi connectivity index (χ1) is 9.05. The second-order valence-electron chi connectivity index (χ2n) is 6.31. The van der Waals surface area contributed by atoms with Gasteiger partial charge in [0.2, 0.25) is 5.91 Å². The predicted octanol–water partition coefficient (Wildman–Crippen LogP) is -0.00630. The van der Waals surface area contributed by atoms with Gasteiger partial charge < -0.3 is 20.8 Å². The molecule has 1 aliphatic rings. The Morgan fingerprint density at radius 1 is 1.15 bits per heavy atom. The molecular formula is C13H22N2O5. The van der Waals surface area contributed by atoms with Crippen molar-refractivity contribution in [1.82, 2.24) is 4.90 Å². The molecule has 2 unspecified atom stereocenters. The van der Waals surface area contributed by atoms with Gasteiger partial charge in [0.1, 0.15) is 0 Å². The van der Waals surface area contributed by atoms with E-state index in [2.05, 4.69) is 0 Å². The van der Waals surface area contributed by atoms with Crippen LogP contribution in [0, 0.1) is 17.3 Å². The van der Waals surface area contributed by atoms with Crippen molar-refractivity contribution in [2.45, 2.75) is 33.2 Å². The molecule has 0 saturated carbocycles. The van der Waals surface area contributed by atoms with Gasteiger partial charge in [-0.05, 0) is 11.8 Å². The van der Waals surface area contributed by atoms with Crippen molar-refractivity contribution in [3.05, 3.63) is 0 Å². The van der Waals surface area contributed by atoms with Crippen LogP contribution in [0.3, 0.4) is 0 Å². The van der Waals surface area contributed by atoms with Crippen LogP contribution in [-0.2, 0) is 14.4 Å². The number of amides is 1. The number of hydrogen-bond acceptors (Lipinski definition) is 4. The molecule has 114 valence electrons. The van der Waals surface area contributed by atoms with E-state index >= 15 is 0 Å². The summed E-state index contributed by atoms with van der Waals surface area (Å²) in [5.41, 5.74) is 5.46. The summed E-state index contributed by atoms with van der Waals surface area (Å²) in [4.78, 5) is 35.8. The van der Waals surface area contributed by atoms with Crippen LogP contribution in [-0.4, -0.2) is 52.1 Å². The molecule has 7 heteroatoms.